The van der Waals surface area contributed by atoms with E-state index in [1.807, 2.05) is 0 Å². The summed E-state index contributed by atoms with van der Waals surface area (Å²) in [6.07, 6.45) is 2.25. The number of nitrogens with two attached hydrogens (primary N) is 1. The highest BCUT2D eigenvalue weighted by molar-refractivity contribution is 6.31. The second kappa shape index (κ2) is 5.91. The number of rotatable bonds is 4. The van der Waals surface area contributed by atoms with Crippen molar-refractivity contribution in [1.29, 1.82) is 0 Å². The molecule has 1 aromatic carbocycles. The maximum atomic E-state index is 12.8. The van der Waals surface area contributed by atoms with E-state index in [2.05, 4.69) is 10.4 Å². The lowest BCUT2D eigenvalue weighted by Gasteiger charge is -2.16. The number of aromatic nitrogens is 1. The van der Waals surface area contributed by atoms with Gasteiger partial charge in [0.2, 0.25) is 0 Å². The molecule has 0 fully saturated rings. The topological polar surface area (TPSA) is 50.9 Å². The largest absolute Gasteiger partial charge is 0.271 e. The number of nitrogens with one attached hydrogen (secondary N) is 1. The van der Waals surface area contributed by atoms with Gasteiger partial charge in [0.05, 0.1) is 16.8 Å². The van der Waals surface area contributed by atoms with Crippen LogP contribution in [0.5, 0.6) is 0 Å². The van der Waals surface area contributed by atoms with Crippen LogP contribution in [-0.4, -0.2) is 4.98 Å². The summed E-state index contributed by atoms with van der Waals surface area (Å²) in [4.78, 5) is 4.21. The highest BCUT2D eigenvalue weighted by Crippen LogP contribution is 2.22. The Morgan fingerprint density at radius 1 is 1.28 bits per heavy atom. The second-order valence-corrected chi connectivity index (χ2v) is 4.33. The fourth-order valence-electron chi connectivity index (χ4n) is 1.75. The molecule has 2 aromatic rings. The van der Waals surface area contributed by atoms with Crippen molar-refractivity contribution in [2.75, 3.05) is 0 Å². The maximum absolute atomic E-state index is 12.8. The summed E-state index contributed by atoms with van der Waals surface area (Å²) in [5, 5.41) is 0.558. The number of halogens is 2. The summed E-state index contributed by atoms with van der Waals surface area (Å²) in [7, 11) is 0. The fourth-order valence-corrected chi connectivity index (χ4v) is 2.00. The minimum absolute atomic E-state index is 0.204. The van der Waals surface area contributed by atoms with Crippen LogP contribution in [0.2, 0.25) is 5.02 Å². The van der Waals surface area contributed by atoms with Gasteiger partial charge in [0.15, 0.2) is 0 Å². The Labute approximate surface area is 110 Å². The number of hydrogen-bond donors (Lipinski definition) is 2. The molecule has 0 aliphatic rings. The van der Waals surface area contributed by atoms with Crippen LogP contribution in [0.1, 0.15) is 17.3 Å². The zero-order valence-corrected chi connectivity index (χ0v) is 10.4. The number of hydrazine groups is 1. The van der Waals surface area contributed by atoms with Crippen molar-refractivity contribution in [3.63, 3.8) is 0 Å². The van der Waals surface area contributed by atoms with Crippen molar-refractivity contribution in [3.8, 4) is 0 Å². The molecular formula is C13H13ClFN3. The van der Waals surface area contributed by atoms with E-state index >= 15 is 0 Å². The smallest absolute Gasteiger partial charge is 0.123 e. The number of benzene rings is 1. The van der Waals surface area contributed by atoms with Crippen LogP contribution in [0.3, 0.4) is 0 Å². The molecule has 0 spiro atoms. The number of nitrogens with zero attached hydrogens (tertiary/aromatic N) is 1. The summed E-state index contributed by atoms with van der Waals surface area (Å²) in [5.41, 5.74) is 4.33. The van der Waals surface area contributed by atoms with Crippen LogP contribution in [-0.2, 0) is 6.42 Å². The van der Waals surface area contributed by atoms with E-state index in [0.717, 1.165) is 5.56 Å². The Balaban J connectivity index is 2.20. The first-order valence-electron chi connectivity index (χ1n) is 5.51. The summed E-state index contributed by atoms with van der Waals surface area (Å²) >= 11 is 6.07. The van der Waals surface area contributed by atoms with Crippen molar-refractivity contribution >= 4 is 11.6 Å². The Morgan fingerprint density at radius 2 is 2.00 bits per heavy atom. The van der Waals surface area contributed by atoms with E-state index in [9.17, 15) is 4.39 Å². The van der Waals surface area contributed by atoms with Gasteiger partial charge in [0.25, 0.3) is 0 Å². The minimum Gasteiger partial charge on any atom is -0.271 e. The van der Waals surface area contributed by atoms with Gasteiger partial charge in [-0.15, -0.1) is 0 Å². The molecule has 1 aromatic heterocycles. The molecule has 0 radical (unpaired) electrons. The average molecular weight is 266 g/mol. The van der Waals surface area contributed by atoms with Gasteiger partial charge >= 0.3 is 0 Å². The van der Waals surface area contributed by atoms with E-state index in [0.29, 0.717) is 17.1 Å². The van der Waals surface area contributed by atoms with Gasteiger partial charge in [0.1, 0.15) is 5.82 Å². The molecule has 2 rings (SSSR count). The normalized spacial score (nSPS) is 12.4. The highest BCUT2D eigenvalue weighted by atomic mass is 35.5. The predicted molar refractivity (Wildman–Crippen MR) is 69.4 cm³/mol. The van der Waals surface area contributed by atoms with Gasteiger partial charge in [-0.3, -0.25) is 16.3 Å². The van der Waals surface area contributed by atoms with Crippen molar-refractivity contribution in [3.05, 3.63) is 64.7 Å². The molecule has 0 saturated carbocycles. The molecule has 5 heteroatoms. The first-order valence-corrected chi connectivity index (χ1v) is 5.89. The van der Waals surface area contributed by atoms with E-state index in [1.54, 1.807) is 30.5 Å². The standard InChI is InChI=1S/C13H13ClFN3/c14-11-2-1-7-17-13(11)12(18-16)8-9-3-5-10(15)6-4-9/h1-7,12,18H,8,16H2. The summed E-state index contributed by atoms with van der Waals surface area (Å²) < 4.78 is 12.8. The molecular weight excluding hydrogens is 253 g/mol. The number of pyridine rings is 1. The molecule has 3 nitrogen and oxygen atoms in total. The number of hydrogen-bond acceptors (Lipinski definition) is 3. The zero-order valence-electron chi connectivity index (χ0n) is 9.61. The highest BCUT2D eigenvalue weighted by Gasteiger charge is 2.15. The molecule has 0 amide bonds. The van der Waals surface area contributed by atoms with Gasteiger partial charge in [0, 0.05) is 6.20 Å². The third-order valence-electron chi connectivity index (χ3n) is 2.67. The van der Waals surface area contributed by atoms with Gasteiger partial charge in [-0.2, -0.15) is 0 Å². The summed E-state index contributed by atoms with van der Waals surface area (Å²) in [6.45, 7) is 0. The van der Waals surface area contributed by atoms with Crippen LogP contribution in [0.15, 0.2) is 42.6 Å². The fraction of sp³-hybridized carbons (Fsp3) is 0.154. The quantitative estimate of drug-likeness (QED) is 0.660. The van der Waals surface area contributed by atoms with Crippen LogP contribution < -0.4 is 11.3 Å². The predicted octanol–water partition coefficient (Wildman–Crippen LogP) is 2.62. The lowest BCUT2D eigenvalue weighted by atomic mass is 10.0. The third kappa shape index (κ3) is 3.04. The Morgan fingerprint density at radius 3 is 2.61 bits per heavy atom. The van der Waals surface area contributed by atoms with Crippen LogP contribution >= 0.6 is 11.6 Å². The second-order valence-electron chi connectivity index (χ2n) is 3.92. The molecule has 3 N–H and O–H groups in total. The van der Waals surface area contributed by atoms with Crippen LogP contribution in [0.4, 0.5) is 4.39 Å². The first kappa shape index (κ1) is 13.0. The molecule has 0 aliphatic heterocycles. The Kier molecular flexibility index (Phi) is 4.25. The van der Waals surface area contributed by atoms with Crippen molar-refractivity contribution in [2.45, 2.75) is 12.5 Å². The summed E-state index contributed by atoms with van der Waals surface area (Å²) in [5.74, 6) is 5.27. The van der Waals surface area contributed by atoms with Gasteiger partial charge in [-0.05, 0) is 36.2 Å². The van der Waals surface area contributed by atoms with Crippen molar-refractivity contribution in [1.82, 2.24) is 10.4 Å². The molecule has 0 saturated heterocycles. The third-order valence-corrected chi connectivity index (χ3v) is 2.99. The molecule has 0 bridgehead atoms. The van der Waals surface area contributed by atoms with Crippen LogP contribution in [0, 0.1) is 5.82 Å². The SMILES string of the molecule is NNC(Cc1ccc(F)cc1)c1ncccc1Cl. The van der Waals surface area contributed by atoms with Crippen molar-refractivity contribution < 1.29 is 4.39 Å². The van der Waals surface area contributed by atoms with E-state index in [-0.39, 0.29) is 11.9 Å². The molecule has 1 unspecified atom stereocenters. The molecule has 94 valence electrons. The molecule has 1 heterocycles. The van der Waals surface area contributed by atoms with Gasteiger partial charge in [-0.25, -0.2) is 4.39 Å². The Hall–Kier alpha value is -1.49. The lowest BCUT2D eigenvalue weighted by molar-refractivity contribution is 0.537. The van der Waals surface area contributed by atoms with E-state index < -0.39 is 0 Å². The lowest BCUT2D eigenvalue weighted by Crippen LogP contribution is -2.30. The van der Waals surface area contributed by atoms with Gasteiger partial charge in [-0.1, -0.05) is 23.7 Å². The first-order chi connectivity index (χ1) is 8.70. The Bertz CT molecular complexity index is 516. The van der Waals surface area contributed by atoms with Gasteiger partial charge < -0.3 is 0 Å². The minimum atomic E-state index is -0.258. The van der Waals surface area contributed by atoms with Crippen LogP contribution in [0.25, 0.3) is 0 Å². The maximum Gasteiger partial charge on any atom is 0.123 e. The summed E-state index contributed by atoms with van der Waals surface area (Å²) in [6, 6.07) is 9.60. The van der Waals surface area contributed by atoms with E-state index in [4.69, 9.17) is 17.4 Å². The molecule has 18 heavy (non-hydrogen) atoms. The average Bonchev–Trinajstić information content (AvgIpc) is 2.39. The monoisotopic (exact) mass is 265 g/mol. The zero-order chi connectivity index (χ0) is 13.0. The van der Waals surface area contributed by atoms with E-state index in [1.165, 1.54) is 12.1 Å². The molecule has 1 atom stereocenters. The molecule has 0 aliphatic carbocycles. The van der Waals surface area contributed by atoms with Crippen molar-refractivity contribution in [2.24, 2.45) is 5.84 Å².